The number of oxime groups is 1. The molecule has 102 valence electrons. The van der Waals surface area contributed by atoms with E-state index in [2.05, 4.69) is 10.1 Å². The van der Waals surface area contributed by atoms with Crippen molar-refractivity contribution in [3.63, 3.8) is 0 Å². The number of benzene rings is 1. The number of nitrogens with zero attached hydrogens (tertiary/aromatic N) is 1. The molecule has 0 spiro atoms. The predicted molar refractivity (Wildman–Crippen MR) is 70.9 cm³/mol. The van der Waals surface area contributed by atoms with Crippen molar-refractivity contribution in [1.82, 2.24) is 4.98 Å². The molecule has 0 aliphatic rings. The molecule has 19 heavy (non-hydrogen) atoms. The Morgan fingerprint density at radius 1 is 1.26 bits per heavy atom. The number of para-hydroxylation sites is 1. The summed E-state index contributed by atoms with van der Waals surface area (Å²) in [5, 5.41) is 22.4. The molecule has 0 saturated heterocycles. The van der Waals surface area contributed by atoms with Crippen LogP contribution in [0.3, 0.4) is 0 Å². The lowest BCUT2D eigenvalue weighted by molar-refractivity contribution is -0.114. The van der Waals surface area contributed by atoms with Gasteiger partial charge in [0.1, 0.15) is 6.10 Å². The molecular weight excluding hydrogens is 248 g/mol. The highest BCUT2D eigenvalue weighted by molar-refractivity contribution is 5.98. The van der Waals surface area contributed by atoms with Crippen LogP contribution in [0, 0.1) is 0 Å². The second-order valence-electron chi connectivity index (χ2n) is 3.92. The van der Waals surface area contributed by atoms with Gasteiger partial charge in [-0.3, -0.25) is 0 Å². The van der Waals surface area contributed by atoms with Crippen molar-refractivity contribution in [3.05, 3.63) is 36.0 Å². The minimum Gasteiger partial charge on any atom is -0.394 e. The van der Waals surface area contributed by atoms with Crippen molar-refractivity contribution >= 4 is 17.1 Å². The highest BCUT2D eigenvalue weighted by Crippen LogP contribution is 2.15. The SMILES string of the molecule is OCC(CO)OCON=Cc1c[nH]c2ccccc12. The third kappa shape index (κ3) is 3.54. The van der Waals surface area contributed by atoms with E-state index in [1.165, 1.54) is 0 Å². The molecule has 6 nitrogen and oxygen atoms in total. The van der Waals surface area contributed by atoms with E-state index in [1.54, 1.807) is 6.21 Å². The van der Waals surface area contributed by atoms with Crippen LogP contribution in [-0.2, 0) is 9.57 Å². The van der Waals surface area contributed by atoms with E-state index in [0.29, 0.717) is 0 Å². The van der Waals surface area contributed by atoms with E-state index in [4.69, 9.17) is 19.8 Å². The number of nitrogens with one attached hydrogen (secondary N) is 1. The van der Waals surface area contributed by atoms with Gasteiger partial charge in [0.2, 0.25) is 6.79 Å². The summed E-state index contributed by atoms with van der Waals surface area (Å²) < 4.78 is 5.00. The molecular formula is C13H16N2O4. The third-order valence-corrected chi connectivity index (χ3v) is 2.65. The van der Waals surface area contributed by atoms with Gasteiger partial charge in [0.15, 0.2) is 0 Å². The fourth-order valence-corrected chi connectivity index (χ4v) is 1.62. The number of hydrogen-bond acceptors (Lipinski definition) is 5. The minimum absolute atomic E-state index is 0.120. The van der Waals surface area contributed by atoms with Gasteiger partial charge in [-0.05, 0) is 6.07 Å². The number of aromatic nitrogens is 1. The van der Waals surface area contributed by atoms with Crippen molar-refractivity contribution in [2.45, 2.75) is 6.10 Å². The van der Waals surface area contributed by atoms with Gasteiger partial charge in [-0.1, -0.05) is 23.4 Å². The fraction of sp³-hybridized carbons (Fsp3) is 0.308. The quantitative estimate of drug-likeness (QED) is 0.299. The Balaban J connectivity index is 1.86. The average molecular weight is 264 g/mol. The summed E-state index contributed by atoms with van der Waals surface area (Å²) in [6, 6.07) is 7.86. The van der Waals surface area contributed by atoms with Crippen molar-refractivity contribution in [1.29, 1.82) is 0 Å². The van der Waals surface area contributed by atoms with E-state index in [1.807, 2.05) is 30.5 Å². The van der Waals surface area contributed by atoms with Crippen LogP contribution >= 0.6 is 0 Å². The molecule has 0 amide bonds. The smallest absolute Gasteiger partial charge is 0.216 e. The second-order valence-corrected chi connectivity index (χ2v) is 3.92. The molecule has 1 aromatic carbocycles. The summed E-state index contributed by atoms with van der Waals surface area (Å²) in [7, 11) is 0. The highest BCUT2D eigenvalue weighted by atomic mass is 16.7. The van der Waals surface area contributed by atoms with Crippen LogP contribution in [0.4, 0.5) is 0 Å². The Morgan fingerprint density at radius 2 is 2.05 bits per heavy atom. The molecule has 0 saturated carbocycles. The molecule has 0 radical (unpaired) electrons. The van der Waals surface area contributed by atoms with Crippen molar-refractivity contribution in [2.75, 3.05) is 20.0 Å². The first-order chi connectivity index (χ1) is 9.35. The van der Waals surface area contributed by atoms with Gasteiger partial charge in [-0.15, -0.1) is 0 Å². The number of aliphatic hydroxyl groups excluding tert-OH is 2. The number of rotatable bonds is 7. The lowest BCUT2D eigenvalue weighted by atomic mass is 10.2. The van der Waals surface area contributed by atoms with Crippen LogP contribution in [0.15, 0.2) is 35.6 Å². The summed E-state index contributed by atoms with van der Waals surface area (Å²) in [6.07, 6.45) is 2.78. The van der Waals surface area contributed by atoms with Gasteiger partial charge < -0.3 is 24.8 Å². The molecule has 1 aromatic heterocycles. The fourth-order valence-electron chi connectivity index (χ4n) is 1.62. The Labute approximate surface area is 110 Å². The molecule has 0 unspecified atom stereocenters. The zero-order chi connectivity index (χ0) is 13.5. The summed E-state index contributed by atoms with van der Waals surface area (Å²) in [5.74, 6) is 0. The maximum Gasteiger partial charge on any atom is 0.216 e. The van der Waals surface area contributed by atoms with Crippen molar-refractivity contribution in [2.24, 2.45) is 5.16 Å². The molecule has 0 bridgehead atoms. The first-order valence-electron chi connectivity index (χ1n) is 5.90. The topological polar surface area (TPSA) is 87.1 Å². The first kappa shape index (κ1) is 13.5. The summed E-state index contributed by atoms with van der Waals surface area (Å²) in [4.78, 5) is 8.02. The van der Waals surface area contributed by atoms with Gasteiger partial charge in [0, 0.05) is 22.7 Å². The standard InChI is InChI=1S/C13H16N2O4/c16-7-11(8-17)18-9-19-15-6-10-5-14-13-4-2-1-3-12(10)13/h1-6,11,14,16-17H,7-9H2. The number of ether oxygens (including phenoxy) is 1. The van der Waals surface area contributed by atoms with E-state index in [9.17, 15) is 0 Å². The Morgan fingerprint density at radius 3 is 2.84 bits per heavy atom. The zero-order valence-electron chi connectivity index (χ0n) is 10.3. The lowest BCUT2D eigenvalue weighted by Gasteiger charge is -2.10. The summed E-state index contributed by atoms with van der Waals surface area (Å²) >= 11 is 0. The molecule has 0 fully saturated rings. The number of fused-ring (bicyclic) bond motifs is 1. The predicted octanol–water partition coefficient (Wildman–Crippen LogP) is 0.846. The second kappa shape index (κ2) is 6.89. The van der Waals surface area contributed by atoms with E-state index >= 15 is 0 Å². The Kier molecular flexibility index (Phi) is 4.91. The molecule has 1 heterocycles. The number of H-pyrrole nitrogens is 1. The molecule has 0 aliphatic heterocycles. The minimum atomic E-state index is -0.636. The van der Waals surface area contributed by atoms with Gasteiger partial charge in [-0.25, -0.2) is 0 Å². The molecule has 3 N–H and O–H groups in total. The van der Waals surface area contributed by atoms with E-state index < -0.39 is 6.10 Å². The summed E-state index contributed by atoms with van der Waals surface area (Å²) in [5.41, 5.74) is 1.94. The number of hydrogen-bond donors (Lipinski definition) is 3. The molecule has 2 aromatic rings. The van der Waals surface area contributed by atoms with Crippen molar-refractivity contribution in [3.8, 4) is 0 Å². The molecule has 0 aliphatic carbocycles. The van der Waals surface area contributed by atoms with Gasteiger partial charge in [-0.2, -0.15) is 0 Å². The monoisotopic (exact) mass is 264 g/mol. The Hall–Kier alpha value is -1.89. The largest absolute Gasteiger partial charge is 0.394 e. The van der Waals surface area contributed by atoms with E-state index in [-0.39, 0.29) is 20.0 Å². The lowest BCUT2D eigenvalue weighted by Crippen LogP contribution is -2.22. The van der Waals surface area contributed by atoms with Gasteiger partial charge >= 0.3 is 0 Å². The number of aromatic amines is 1. The van der Waals surface area contributed by atoms with Gasteiger partial charge in [0.05, 0.1) is 19.4 Å². The van der Waals surface area contributed by atoms with Crippen LogP contribution in [0.1, 0.15) is 5.56 Å². The normalized spacial score (nSPS) is 11.7. The highest BCUT2D eigenvalue weighted by Gasteiger charge is 2.04. The molecule has 0 atom stereocenters. The summed E-state index contributed by atoms with van der Waals surface area (Å²) in [6.45, 7) is -0.636. The third-order valence-electron chi connectivity index (χ3n) is 2.65. The average Bonchev–Trinajstić information content (AvgIpc) is 2.86. The maximum atomic E-state index is 8.77. The van der Waals surface area contributed by atoms with E-state index in [0.717, 1.165) is 16.5 Å². The first-order valence-corrected chi connectivity index (χ1v) is 5.90. The van der Waals surface area contributed by atoms with Crippen LogP contribution in [0.25, 0.3) is 10.9 Å². The van der Waals surface area contributed by atoms with Crippen LogP contribution < -0.4 is 0 Å². The zero-order valence-corrected chi connectivity index (χ0v) is 10.3. The van der Waals surface area contributed by atoms with Gasteiger partial charge in [0.25, 0.3) is 0 Å². The maximum absolute atomic E-state index is 8.77. The van der Waals surface area contributed by atoms with Crippen LogP contribution in [-0.4, -0.2) is 47.5 Å². The van der Waals surface area contributed by atoms with Crippen LogP contribution in [0.5, 0.6) is 0 Å². The van der Waals surface area contributed by atoms with Crippen molar-refractivity contribution < 1.29 is 19.8 Å². The Bertz CT molecular complexity index is 534. The molecule has 6 heteroatoms. The molecule has 2 rings (SSSR count). The van der Waals surface area contributed by atoms with Crippen LogP contribution in [0.2, 0.25) is 0 Å². The number of aliphatic hydroxyl groups is 2.